The summed E-state index contributed by atoms with van der Waals surface area (Å²) in [6.45, 7) is 0.0337. The molecule has 4 rings (SSSR count). The summed E-state index contributed by atoms with van der Waals surface area (Å²) in [7, 11) is 1.57. The summed E-state index contributed by atoms with van der Waals surface area (Å²) >= 11 is 6.38. The Labute approximate surface area is 171 Å². The molecule has 0 amide bonds. The van der Waals surface area contributed by atoms with Gasteiger partial charge in [0.1, 0.15) is 12.4 Å². The summed E-state index contributed by atoms with van der Waals surface area (Å²) in [6, 6.07) is 16.5. The van der Waals surface area contributed by atoms with Crippen molar-refractivity contribution in [2.45, 2.75) is 6.61 Å². The van der Waals surface area contributed by atoms with Crippen molar-refractivity contribution in [1.82, 2.24) is 0 Å². The molecular weight excluding hydrogens is 392 g/mol. The molecule has 29 heavy (non-hydrogen) atoms. The fourth-order valence-electron chi connectivity index (χ4n) is 3.25. The van der Waals surface area contributed by atoms with Gasteiger partial charge in [-0.1, -0.05) is 48.0 Å². The number of hydrogen-bond acceptors (Lipinski definition) is 5. The van der Waals surface area contributed by atoms with E-state index in [9.17, 15) is 14.4 Å². The highest BCUT2D eigenvalue weighted by molar-refractivity contribution is 6.41. The van der Waals surface area contributed by atoms with Crippen LogP contribution < -0.4 is 4.74 Å². The van der Waals surface area contributed by atoms with Crippen molar-refractivity contribution < 1.29 is 23.9 Å². The number of esters is 1. The number of halogens is 1. The molecule has 0 spiro atoms. The molecule has 0 aromatic heterocycles. The Kier molecular flexibility index (Phi) is 4.91. The first kappa shape index (κ1) is 18.9. The number of ketones is 2. The van der Waals surface area contributed by atoms with Gasteiger partial charge in [-0.3, -0.25) is 9.59 Å². The Hall–Kier alpha value is -3.44. The molecule has 0 radical (unpaired) electrons. The van der Waals surface area contributed by atoms with E-state index in [2.05, 4.69) is 0 Å². The lowest BCUT2D eigenvalue weighted by molar-refractivity contribution is 0.0472. The molecule has 6 heteroatoms. The minimum Gasteiger partial charge on any atom is -0.497 e. The highest BCUT2D eigenvalue weighted by atomic mass is 35.5. The van der Waals surface area contributed by atoms with Crippen LogP contribution in [-0.2, 0) is 11.3 Å². The molecule has 1 aliphatic rings. The molecule has 0 heterocycles. The molecule has 0 saturated carbocycles. The zero-order chi connectivity index (χ0) is 20.5. The third-order valence-corrected chi connectivity index (χ3v) is 5.17. The van der Waals surface area contributed by atoms with Gasteiger partial charge in [-0.15, -0.1) is 0 Å². The van der Waals surface area contributed by atoms with E-state index in [1.165, 1.54) is 12.1 Å². The molecule has 0 unspecified atom stereocenters. The second-order valence-electron chi connectivity index (χ2n) is 6.48. The summed E-state index contributed by atoms with van der Waals surface area (Å²) < 4.78 is 10.4. The van der Waals surface area contributed by atoms with E-state index < -0.39 is 5.97 Å². The Morgan fingerprint density at radius 2 is 1.52 bits per heavy atom. The predicted octanol–water partition coefficient (Wildman–Crippen LogP) is 4.48. The van der Waals surface area contributed by atoms with E-state index in [-0.39, 0.29) is 45.4 Å². The van der Waals surface area contributed by atoms with E-state index in [0.29, 0.717) is 11.3 Å². The summed E-state index contributed by atoms with van der Waals surface area (Å²) in [5.41, 5.74) is 1.64. The summed E-state index contributed by atoms with van der Waals surface area (Å²) in [5, 5.41) is -0.0740. The van der Waals surface area contributed by atoms with Crippen molar-refractivity contribution in [3.8, 4) is 5.75 Å². The monoisotopic (exact) mass is 406 g/mol. The van der Waals surface area contributed by atoms with E-state index in [1.807, 2.05) is 0 Å². The van der Waals surface area contributed by atoms with Gasteiger partial charge in [0.2, 0.25) is 0 Å². The van der Waals surface area contributed by atoms with Gasteiger partial charge in [-0.05, 0) is 29.8 Å². The minimum absolute atomic E-state index is 0.0337. The maximum Gasteiger partial charge on any atom is 0.340 e. The van der Waals surface area contributed by atoms with Crippen LogP contribution in [0.2, 0.25) is 5.02 Å². The third-order valence-electron chi connectivity index (χ3n) is 4.78. The molecule has 0 fully saturated rings. The molecule has 0 N–H and O–H groups in total. The Balaban J connectivity index is 1.62. The van der Waals surface area contributed by atoms with Gasteiger partial charge >= 0.3 is 5.97 Å². The first-order valence-corrected chi connectivity index (χ1v) is 9.20. The van der Waals surface area contributed by atoms with Crippen molar-refractivity contribution in [1.29, 1.82) is 0 Å². The van der Waals surface area contributed by atoms with Crippen molar-refractivity contribution >= 4 is 29.1 Å². The fourth-order valence-corrected chi connectivity index (χ4v) is 3.58. The van der Waals surface area contributed by atoms with Crippen molar-refractivity contribution in [3.63, 3.8) is 0 Å². The van der Waals surface area contributed by atoms with Gasteiger partial charge in [-0.2, -0.15) is 0 Å². The van der Waals surface area contributed by atoms with Gasteiger partial charge < -0.3 is 9.47 Å². The lowest BCUT2D eigenvalue weighted by Gasteiger charge is -2.19. The van der Waals surface area contributed by atoms with Crippen LogP contribution in [0.3, 0.4) is 0 Å². The molecular formula is C23H15ClO5. The van der Waals surface area contributed by atoms with Gasteiger partial charge in [0.05, 0.1) is 23.3 Å². The molecule has 0 aliphatic heterocycles. The predicted molar refractivity (Wildman–Crippen MR) is 107 cm³/mol. The van der Waals surface area contributed by atoms with Crippen LogP contribution in [0.15, 0.2) is 60.7 Å². The topological polar surface area (TPSA) is 69.7 Å². The smallest absolute Gasteiger partial charge is 0.340 e. The zero-order valence-electron chi connectivity index (χ0n) is 15.4. The number of ether oxygens (including phenoxy) is 2. The standard InChI is InChI=1S/C23H15ClO5/c1-28-14-8-6-13(7-9-14)12-29-23(27)18-11-10-17-19(20(18)24)22(26)16-5-3-2-4-15(16)21(17)25/h2-11H,12H2,1H3. The van der Waals surface area contributed by atoms with E-state index >= 15 is 0 Å². The molecule has 1 aliphatic carbocycles. The first-order valence-electron chi connectivity index (χ1n) is 8.82. The normalized spacial score (nSPS) is 12.2. The number of methoxy groups -OCH3 is 1. The highest BCUT2D eigenvalue weighted by Gasteiger charge is 2.33. The SMILES string of the molecule is COc1ccc(COC(=O)c2ccc3c(c2Cl)C(=O)c2ccccc2C3=O)cc1. The molecule has 0 atom stereocenters. The number of benzene rings is 3. The zero-order valence-corrected chi connectivity index (χ0v) is 16.2. The van der Waals surface area contributed by atoms with Gasteiger partial charge in [0.15, 0.2) is 11.6 Å². The molecule has 144 valence electrons. The third kappa shape index (κ3) is 3.30. The summed E-state index contributed by atoms with van der Waals surface area (Å²) in [5.74, 6) is -0.658. The van der Waals surface area contributed by atoms with Gasteiger partial charge in [0, 0.05) is 16.7 Å². The van der Waals surface area contributed by atoms with Gasteiger partial charge in [-0.25, -0.2) is 4.79 Å². The quantitative estimate of drug-likeness (QED) is 0.467. The molecule has 0 saturated heterocycles. The Morgan fingerprint density at radius 1 is 0.862 bits per heavy atom. The largest absolute Gasteiger partial charge is 0.497 e. The first-order chi connectivity index (χ1) is 14.0. The Bertz CT molecular complexity index is 1150. The molecule has 3 aromatic rings. The fraction of sp³-hybridized carbons (Fsp3) is 0.0870. The maximum absolute atomic E-state index is 12.9. The number of hydrogen-bond donors (Lipinski definition) is 0. The lowest BCUT2D eigenvalue weighted by Crippen LogP contribution is -2.22. The number of carbonyl (C=O) groups is 3. The van der Waals surface area contributed by atoms with E-state index in [0.717, 1.165) is 5.56 Å². The maximum atomic E-state index is 12.9. The number of rotatable bonds is 4. The molecule has 0 bridgehead atoms. The van der Waals surface area contributed by atoms with E-state index in [1.54, 1.807) is 55.6 Å². The Morgan fingerprint density at radius 3 is 2.17 bits per heavy atom. The van der Waals surface area contributed by atoms with Gasteiger partial charge in [0.25, 0.3) is 0 Å². The second-order valence-corrected chi connectivity index (χ2v) is 6.86. The average molecular weight is 407 g/mol. The van der Waals surface area contributed by atoms with Crippen LogP contribution in [-0.4, -0.2) is 24.6 Å². The number of fused-ring (bicyclic) bond motifs is 2. The molecule has 3 aromatic carbocycles. The van der Waals surface area contributed by atoms with Crippen molar-refractivity contribution in [2.75, 3.05) is 7.11 Å². The van der Waals surface area contributed by atoms with Crippen LogP contribution in [0.1, 0.15) is 47.8 Å². The van der Waals surface area contributed by atoms with Crippen molar-refractivity contribution in [2.24, 2.45) is 0 Å². The van der Waals surface area contributed by atoms with Crippen LogP contribution in [0.25, 0.3) is 0 Å². The van der Waals surface area contributed by atoms with Crippen molar-refractivity contribution in [3.05, 3.63) is 99.1 Å². The summed E-state index contributed by atoms with van der Waals surface area (Å²) in [6.07, 6.45) is 0. The highest BCUT2D eigenvalue weighted by Crippen LogP contribution is 2.34. The molecule has 5 nitrogen and oxygen atoms in total. The van der Waals surface area contributed by atoms with Crippen LogP contribution in [0.4, 0.5) is 0 Å². The summed E-state index contributed by atoms with van der Waals surface area (Å²) in [4.78, 5) is 38.2. The number of carbonyl (C=O) groups excluding carboxylic acids is 3. The lowest BCUT2D eigenvalue weighted by atomic mass is 9.83. The second kappa shape index (κ2) is 7.53. The minimum atomic E-state index is -0.673. The van der Waals surface area contributed by atoms with E-state index in [4.69, 9.17) is 21.1 Å². The van der Waals surface area contributed by atoms with Crippen LogP contribution in [0.5, 0.6) is 5.75 Å². The van der Waals surface area contributed by atoms with Crippen LogP contribution >= 0.6 is 11.6 Å². The van der Waals surface area contributed by atoms with Crippen LogP contribution in [0, 0.1) is 0 Å². The average Bonchev–Trinajstić information content (AvgIpc) is 2.76.